The van der Waals surface area contributed by atoms with Gasteiger partial charge in [-0.1, -0.05) is 59.6 Å². The molecule has 2 saturated heterocycles. The van der Waals surface area contributed by atoms with Gasteiger partial charge in [-0.2, -0.15) is 0 Å². The van der Waals surface area contributed by atoms with E-state index in [0.29, 0.717) is 67.7 Å². The van der Waals surface area contributed by atoms with Crippen LogP contribution in [0, 0.1) is 0 Å². The number of nitrogens with zero attached hydrogens (tertiary/aromatic N) is 4. The van der Waals surface area contributed by atoms with Gasteiger partial charge in [0.15, 0.2) is 0 Å². The first-order valence-corrected chi connectivity index (χ1v) is 16.1. The summed E-state index contributed by atoms with van der Waals surface area (Å²) in [6.07, 6.45) is 1.18. The SMILES string of the molecule is CC(C(=O)NC(CN1CCOCC1)c1ccc(-c2cccc(C(=O)N3CCOCC3)c2)cc1)n1c(=O)cnc2cc(Cl)c(Cl)cc21. The summed E-state index contributed by atoms with van der Waals surface area (Å²) in [4.78, 5) is 48.1. The van der Waals surface area contributed by atoms with Gasteiger partial charge in [0.2, 0.25) is 5.91 Å². The summed E-state index contributed by atoms with van der Waals surface area (Å²) in [5.41, 5.74) is 3.90. The Bertz CT molecular complexity index is 1790. The zero-order chi connectivity index (χ0) is 32.2. The number of fused-ring (bicyclic) bond motifs is 1. The van der Waals surface area contributed by atoms with Crippen molar-refractivity contribution in [2.45, 2.75) is 19.0 Å². The summed E-state index contributed by atoms with van der Waals surface area (Å²) >= 11 is 12.5. The Morgan fingerprint density at radius 3 is 2.28 bits per heavy atom. The maximum absolute atomic E-state index is 13.8. The lowest BCUT2D eigenvalue weighted by molar-refractivity contribution is -0.124. The highest BCUT2D eigenvalue weighted by atomic mass is 35.5. The Hall–Kier alpha value is -3.80. The normalized spacial score (nSPS) is 17.1. The van der Waals surface area contributed by atoms with Crippen LogP contribution in [0.3, 0.4) is 0 Å². The van der Waals surface area contributed by atoms with Crippen LogP contribution in [-0.2, 0) is 14.3 Å². The van der Waals surface area contributed by atoms with E-state index in [0.717, 1.165) is 29.8 Å². The number of morpholine rings is 2. The van der Waals surface area contributed by atoms with Gasteiger partial charge in [0, 0.05) is 38.3 Å². The van der Waals surface area contributed by atoms with E-state index >= 15 is 0 Å². The lowest BCUT2D eigenvalue weighted by Gasteiger charge is -2.32. The topological polar surface area (TPSA) is 106 Å². The van der Waals surface area contributed by atoms with Crippen molar-refractivity contribution in [2.24, 2.45) is 0 Å². The number of aromatic nitrogens is 2. The van der Waals surface area contributed by atoms with Crippen LogP contribution < -0.4 is 10.9 Å². The first kappa shape index (κ1) is 32.2. The van der Waals surface area contributed by atoms with Gasteiger partial charge >= 0.3 is 0 Å². The maximum atomic E-state index is 13.8. The number of halogens is 2. The smallest absolute Gasteiger partial charge is 0.270 e. The molecule has 2 atom stereocenters. The Morgan fingerprint density at radius 1 is 0.891 bits per heavy atom. The molecule has 3 aromatic carbocycles. The van der Waals surface area contributed by atoms with Crippen molar-refractivity contribution in [3.8, 4) is 11.1 Å². The summed E-state index contributed by atoms with van der Waals surface area (Å²) in [6, 6.07) is 17.6. The van der Waals surface area contributed by atoms with Gasteiger partial charge in [-0.15, -0.1) is 0 Å². The molecule has 0 aliphatic carbocycles. The van der Waals surface area contributed by atoms with Gasteiger partial charge < -0.3 is 19.7 Å². The van der Waals surface area contributed by atoms with Crippen LogP contribution in [0.2, 0.25) is 10.0 Å². The number of nitrogens with one attached hydrogen (secondary N) is 1. The average molecular weight is 665 g/mol. The molecule has 2 aliphatic rings. The highest BCUT2D eigenvalue weighted by Crippen LogP contribution is 2.28. The monoisotopic (exact) mass is 663 g/mol. The highest BCUT2D eigenvalue weighted by molar-refractivity contribution is 6.42. The molecular formula is C34H35Cl2N5O5. The minimum atomic E-state index is -0.853. The van der Waals surface area contributed by atoms with Crippen LogP contribution in [0.25, 0.3) is 22.2 Å². The minimum Gasteiger partial charge on any atom is -0.379 e. The third-order valence-corrected chi connectivity index (χ3v) is 9.23. The number of hydrogen-bond acceptors (Lipinski definition) is 7. The molecule has 1 N–H and O–H groups in total. The van der Waals surface area contributed by atoms with Gasteiger partial charge in [-0.05, 0) is 47.9 Å². The van der Waals surface area contributed by atoms with Crippen molar-refractivity contribution in [3.05, 3.63) is 98.4 Å². The van der Waals surface area contributed by atoms with Crippen molar-refractivity contribution >= 4 is 46.0 Å². The predicted molar refractivity (Wildman–Crippen MR) is 177 cm³/mol. The van der Waals surface area contributed by atoms with E-state index in [1.807, 2.05) is 53.4 Å². The number of benzene rings is 3. The van der Waals surface area contributed by atoms with Crippen LogP contribution in [0.5, 0.6) is 0 Å². The van der Waals surface area contributed by atoms with Crippen LogP contribution >= 0.6 is 23.2 Å². The lowest BCUT2D eigenvalue weighted by atomic mass is 9.98. The second-order valence-corrected chi connectivity index (χ2v) is 12.3. The summed E-state index contributed by atoms with van der Waals surface area (Å²) < 4.78 is 12.3. The fourth-order valence-corrected chi connectivity index (χ4v) is 6.22. The molecule has 3 heterocycles. The summed E-state index contributed by atoms with van der Waals surface area (Å²) in [5.74, 6) is -0.326. The quantitative estimate of drug-likeness (QED) is 0.294. The average Bonchev–Trinajstić information content (AvgIpc) is 3.09. The number of hydrogen-bond donors (Lipinski definition) is 1. The summed E-state index contributed by atoms with van der Waals surface area (Å²) in [5, 5.41) is 3.78. The third kappa shape index (κ3) is 7.11. The van der Waals surface area contributed by atoms with Crippen molar-refractivity contribution in [1.29, 1.82) is 0 Å². The van der Waals surface area contributed by atoms with E-state index < -0.39 is 11.6 Å². The molecule has 2 amide bonds. The third-order valence-electron chi connectivity index (χ3n) is 8.51. The second-order valence-electron chi connectivity index (χ2n) is 11.5. The molecule has 46 heavy (non-hydrogen) atoms. The van der Waals surface area contributed by atoms with Crippen LogP contribution in [0.1, 0.15) is 34.9 Å². The number of carbonyl (C=O) groups is 2. The van der Waals surface area contributed by atoms with Crippen molar-refractivity contribution in [2.75, 3.05) is 59.2 Å². The van der Waals surface area contributed by atoms with Crippen LogP contribution in [-0.4, -0.2) is 90.3 Å². The fraction of sp³-hybridized carbons (Fsp3) is 0.353. The molecule has 6 rings (SSSR count). The summed E-state index contributed by atoms with van der Waals surface area (Å²) in [6.45, 7) is 7.25. The molecule has 0 saturated carbocycles. The molecule has 2 aliphatic heterocycles. The Morgan fingerprint density at radius 2 is 1.57 bits per heavy atom. The van der Waals surface area contributed by atoms with Crippen molar-refractivity contribution in [3.63, 3.8) is 0 Å². The first-order valence-electron chi connectivity index (χ1n) is 15.3. The Balaban J connectivity index is 1.25. The van der Waals surface area contributed by atoms with Gasteiger partial charge in [-0.3, -0.25) is 23.9 Å². The molecule has 2 fully saturated rings. The van der Waals surface area contributed by atoms with Gasteiger partial charge in [0.1, 0.15) is 6.04 Å². The Labute approximate surface area is 276 Å². The van der Waals surface area contributed by atoms with Gasteiger partial charge in [0.05, 0.1) is 59.7 Å². The molecule has 0 spiro atoms. The van der Waals surface area contributed by atoms with Gasteiger partial charge in [-0.25, -0.2) is 4.98 Å². The number of ether oxygens (including phenoxy) is 2. The fourth-order valence-electron chi connectivity index (χ4n) is 5.90. The maximum Gasteiger partial charge on any atom is 0.270 e. The largest absolute Gasteiger partial charge is 0.379 e. The van der Waals surface area contributed by atoms with Crippen LogP contribution in [0.15, 0.2) is 71.7 Å². The number of amides is 2. The second kappa shape index (κ2) is 14.3. The van der Waals surface area contributed by atoms with Crippen LogP contribution in [0.4, 0.5) is 0 Å². The van der Waals surface area contributed by atoms with E-state index in [1.165, 1.54) is 10.8 Å². The molecule has 1 aromatic heterocycles. The van der Waals surface area contributed by atoms with E-state index in [4.69, 9.17) is 32.7 Å². The van der Waals surface area contributed by atoms with E-state index in [-0.39, 0.29) is 22.9 Å². The highest BCUT2D eigenvalue weighted by Gasteiger charge is 2.26. The molecule has 240 valence electrons. The van der Waals surface area contributed by atoms with E-state index in [1.54, 1.807) is 19.1 Å². The number of rotatable bonds is 8. The standard InChI is InChI=1S/C34H35Cl2N5O5/c1-22(41-31-19-28(36)27(35)18-29(31)37-20-32(41)42)33(43)38-30(21-39-9-13-45-14-10-39)24-7-5-23(6-8-24)25-3-2-4-26(17-25)34(44)40-11-15-46-16-12-40/h2-8,17-20,22,30H,9-16,21H2,1H3,(H,38,43). The zero-order valence-corrected chi connectivity index (χ0v) is 27.0. The van der Waals surface area contributed by atoms with E-state index in [2.05, 4.69) is 15.2 Å². The Kier molecular flexibility index (Phi) is 10.0. The van der Waals surface area contributed by atoms with Gasteiger partial charge in [0.25, 0.3) is 11.5 Å². The minimum absolute atomic E-state index is 0.00405. The number of carbonyl (C=O) groups excluding carboxylic acids is 2. The van der Waals surface area contributed by atoms with E-state index in [9.17, 15) is 14.4 Å². The molecular weight excluding hydrogens is 629 g/mol. The molecule has 4 aromatic rings. The predicted octanol–water partition coefficient (Wildman–Crippen LogP) is 4.59. The lowest BCUT2D eigenvalue weighted by Crippen LogP contribution is -2.45. The molecule has 0 radical (unpaired) electrons. The van der Waals surface area contributed by atoms with Crippen molar-refractivity contribution in [1.82, 2.24) is 24.7 Å². The molecule has 2 unspecified atom stereocenters. The summed E-state index contributed by atoms with van der Waals surface area (Å²) in [7, 11) is 0. The molecule has 0 bridgehead atoms. The molecule has 10 nitrogen and oxygen atoms in total. The zero-order valence-electron chi connectivity index (χ0n) is 25.5. The van der Waals surface area contributed by atoms with Crippen molar-refractivity contribution < 1.29 is 19.1 Å². The molecule has 12 heteroatoms. The first-order chi connectivity index (χ1) is 22.3.